The van der Waals surface area contributed by atoms with E-state index in [0.717, 1.165) is 23.5 Å². The molecule has 10 heteroatoms. The summed E-state index contributed by atoms with van der Waals surface area (Å²) in [5.41, 5.74) is 1.20. The Bertz CT molecular complexity index is 1210. The number of hydrogen-bond donors (Lipinski definition) is 1. The molecule has 1 atom stereocenters. The molecule has 0 amide bonds. The van der Waals surface area contributed by atoms with Gasteiger partial charge in [0.2, 0.25) is 0 Å². The Balaban J connectivity index is 0.00000533. The molecule has 0 saturated heterocycles. The molecule has 3 rings (SSSR count). The van der Waals surface area contributed by atoms with Crippen LogP contribution in [0.25, 0.3) is 0 Å². The van der Waals surface area contributed by atoms with Crippen LogP contribution in [0.15, 0.2) is 78.1 Å². The highest BCUT2D eigenvalue weighted by atomic mass is 35.5. The maximum absolute atomic E-state index is 13.4. The number of halogens is 5. The van der Waals surface area contributed by atoms with Crippen molar-refractivity contribution < 1.29 is 32.5 Å². The van der Waals surface area contributed by atoms with Gasteiger partial charge in [0, 0.05) is 32.1 Å². The van der Waals surface area contributed by atoms with E-state index >= 15 is 0 Å². The first kappa shape index (κ1) is 32.3. The van der Waals surface area contributed by atoms with Crippen LogP contribution in [-0.4, -0.2) is 42.8 Å². The van der Waals surface area contributed by atoms with Crippen LogP contribution in [0.4, 0.5) is 13.2 Å². The Labute approximate surface area is 238 Å². The van der Waals surface area contributed by atoms with Gasteiger partial charge in [-0.2, -0.15) is 13.2 Å². The summed E-state index contributed by atoms with van der Waals surface area (Å²) >= 11 is 6.20. The molecule has 0 spiro atoms. The lowest BCUT2D eigenvalue weighted by Crippen LogP contribution is -2.30. The number of nitrogens with zero attached hydrogens (tertiary/aromatic N) is 1. The van der Waals surface area contributed by atoms with Crippen molar-refractivity contribution in [3.63, 3.8) is 0 Å². The number of benzene rings is 2. The van der Waals surface area contributed by atoms with Gasteiger partial charge in [-0.25, -0.2) is 4.79 Å². The smallest absolute Gasteiger partial charge is 0.417 e. The number of hydrogen-bond acceptors (Lipinski definition) is 4. The molecule has 1 N–H and O–H groups in total. The van der Waals surface area contributed by atoms with E-state index in [1.807, 2.05) is 31.2 Å². The topological polar surface area (TPSA) is 59.0 Å². The van der Waals surface area contributed by atoms with Gasteiger partial charge in [-0.05, 0) is 47.2 Å². The predicted molar refractivity (Wildman–Crippen MR) is 149 cm³/mol. The number of alkyl halides is 3. The van der Waals surface area contributed by atoms with Gasteiger partial charge >= 0.3 is 12.1 Å². The van der Waals surface area contributed by atoms with E-state index < -0.39 is 17.7 Å². The predicted octanol–water partition coefficient (Wildman–Crippen LogP) is 7.66. The maximum atomic E-state index is 13.4. The van der Waals surface area contributed by atoms with Crippen LogP contribution in [0.3, 0.4) is 0 Å². The number of carboxylic acids is 1. The van der Waals surface area contributed by atoms with E-state index in [-0.39, 0.29) is 29.9 Å². The van der Waals surface area contributed by atoms with E-state index in [9.17, 15) is 18.0 Å². The first-order valence-corrected chi connectivity index (χ1v) is 12.6. The number of ether oxygens (including phenoxy) is 2. The summed E-state index contributed by atoms with van der Waals surface area (Å²) in [7, 11) is 1.61. The van der Waals surface area contributed by atoms with Gasteiger partial charge < -0.3 is 14.6 Å². The summed E-state index contributed by atoms with van der Waals surface area (Å²) in [5.74, 6) is 0.434. The highest BCUT2D eigenvalue weighted by molar-refractivity contribution is 6.32. The summed E-state index contributed by atoms with van der Waals surface area (Å²) in [6, 6.07) is 11.7. The molecule has 1 unspecified atom stereocenters. The Morgan fingerprint density at radius 1 is 1.21 bits per heavy atom. The average Bonchev–Trinajstić information content (AvgIpc) is 2.86. The monoisotopic (exact) mass is 585 g/mol. The number of rotatable bonds is 12. The molecule has 212 valence electrons. The lowest BCUT2D eigenvalue weighted by atomic mass is 9.99. The van der Waals surface area contributed by atoms with Crippen LogP contribution in [0.1, 0.15) is 42.4 Å². The van der Waals surface area contributed by atoms with Crippen LogP contribution in [-0.2, 0) is 22.3 Å². The molecule has 0 saturated carbocycles. The zero-order valence-electron chi connectivity index (χ0n) is 21.7. The van der Waals surface area contributed by atoms with Gasteiger partial charge in [-0.3, -0.25) is 4.90 Å². The van der Waals surface area contributed by atoms with Gasteiger partial charge in [0.1, 0.15) is 11.5 Å². The third-order valence-electron chi connectivity index (χ3n) is 6.17. The van der Waals surface area contributed by atoms with Crippen molar-refractivity contribution in [2.75, 3.05) is 26.8 Å². The van der Waals surface area contributed by atoms with Gasteiger partial charge in [-0.15, -0.1) is 12.4 Å². The molecule has 5 nitrogen and oxygen atoms in total. The maximum Gasteiger partial charge on any atom is 0.417 e. The van der Waals surface area contributed by atoms with Crippen LogP contribution in [0.5, 0.6) is 5.75 Å². The highest BCUT2D eigenvalue weighted by Gasteiger charge is 2.34. The molecule has 0 radical (unpaired) electrons. The average molecular weight is 586 g/mol. The molecular weight excluding hydrogens is 554 g/mol. The highest BCUT2D eigenvalue weighted by Crippen LogP contribution is 2.37. The molecule has 0 fully saturated rings. The second kappa shape index (κ2) is 15.0. The lowest BCUT2D eigenvalue weighted by Gasteiger charge is -2.28. The first-order valence-electron chi connectivity index (χ1n) is 12.2. The van der Waals surface area contributed by atoms with Crippen molar-refractivity contribution in [3.05, 3.63) is 99.8 Å². The normalized spacial score (nSPS) is 15.1. The van der Waals surface area contributed by atoms with E-state index in [1.54, 1.807) is 31.4 Å². The van der Waals surface area contributed by atoms with E-state index in [1.165, 1.54) is 6.07 Å². The second-order valence-electron chi connectivity index (χ2n) is 9.08. The SMILES string of the molecule is COc1ccccc1C(C)CN(CCCOC1=CC=CC(=CC(=O)O)C1)Cc1cccc(C(F)(F)F)c1Cl.Cl. The molecule has 2 aromatic rings. The van der Waals surface area contributed by atoms with Crippen molar-refractivity contribution in [2.24, 2.45) is 0 Å². The number of carbonyl (C=O) groups is 1. The first-order chi connectivity index (χ1) is 18.1. The molecule has 0 aliphatic heterocycles. The quantitative estimate of drug-likeness (QED) is 0.205. The minimum Gasteiger partial charge on any atom is -0.498 e. The molecule has 1 aliphatic carbocycles. The van der Waals surface area contributed by atoms with Crippen molar-refractivity contribution in [1.29, 1.82) is 0 Å². The van der Waals surface area contributed by atoms with Crippen molar-refractivity contribution in [1.82, 2.24) is 4.90 Å². The zero-order chi connectivity index (χ0) is 27.7. The number of aliphatic carboxylic acids is 1. The summed E-state index contributed by atoms with van der Waals surface area (Å²) in [5, 5.41) is 8.67. The fourth-order valence-electron chi connectivity index (χ4n) is 4.40. The van der Waals surface area contributed by atoms with Crippen molar-refractivity contribution in [3.8, 4) is 5.75 Å². The Kier molecular flexibility index (Phi) is 12.4. The number of carboxylic acid groups (broad SMARTS) is 1. The Morgan fingerprint density at radius 3 is 2.64 bits per heavy atom. The second-order valence-corrected chi connectivity index (χ2v) is 9.46. The van der Waals surface area contributed by atoms with Crippen LogP contribution in [0.2, 0.25) is 5.02 Å². The molecule has 2 aromatic carbocycles. The Hall–Kier alpha value is -2.94. The van der Waals surface area contributed by atoms with E-state index in [0.29, 0.717) is 49.4 Å². The Morgan fingerprint density at radius 2 is 1.95 bits per heavy atom. The molecular formula is C29H32Cl2F3NO4. The number of methoxy groups -OCH3 is 1. The lowest BCUT2D eigenvalue weighted by molar-refractivity contribution is -0.137. The van der Waals surface area contributed by atoms with Gasteiger partial charge in [-0.1, -0.05) is 61.0 Å². The third-order valence-corrected chi connectivity index (χ3v) is 6.61. The molecule has 0 aromatic heterocycles. The standard InChI is InChI=1S/C29H31ClF3NO4.ClH/c1-20(24-11-3-4-13-26(24)37-2)18-34(19-22-9-6-12-25(28(22)30)29(31,32)33)14-7-15-38-23-10-5-8-21(16-23)17-27(35)36;/h3-6,8-13,17,20H,7,14-16,18-19H2,1-2H3,(H,35,36);1H. The van der Waals surface area contributed by atoms with Crippen LogP contribution in [0, 0.1) is 0 Å². The zero-order valence-corrected chi connectivity index (χ0v) is 23.3. The molecule has 0 bridgehead atoms. The number of para-hydroxylation sites is 1. The van der Waals surface area contributed by atoms with Gasteiger partial charge in [0.25, 0.3) is 0 Å². The fourth-order valence-corrected chi connectivity index (χ4v) is 4.70. The van der Waals surface area contributed by atoms with Crippen molar-refractivity contribution in [2.45, 2.75) is 38.4 Å². The van der Waals surface area contributed by atoms with Crippen molar-refractivity contribution >= 4 is 30.0 Å². The molecule has 1 aliphatic rings. The summed E-state index contributed by atoms with van der Waals surface area (Å²) in [4.78, 5) is 13.0. The van der Waals surface area contributed by atoms with E-state index in [2.05, 4.69) is 4.90 Å². The largest absolute Gasteiger partial charge is 0.498 e. The molecule has 39 heavy (non-hydrogen) atoms. The fraction of sp³-hybridized carbons (Fsp3) is 0.345. The van der Waals surface area contributed by atoms with Gasteiger partial charge in [0.05, 0.1) is 24.3 Å². The molecule has 0 heterocycles. The van der Waals surface area contributed by atoms with Crippen LogP contribution >= 0.6 is 24.0 Å². The van der Waals surface area contributed by atoms with Crippen LogP contribution < -0.4 is 4.74 Å². The minimum absolute atomic E-state index is 0. The van der Waals surface area contributed by atoms with E-state index in [4.69, 9.17) is 26.2 Å². The third kappa shape index (κ3) is 9.64. The summed E-state index contributed by atoms with van der Waals surface area (Å²) < 4.78 is 51.6. The summed E-state index contributed by atoms with van der Waals surface area (Å²) in [6.45, 7) is 3.76. The minimum atomic E-state index is -4.54. The summed E-state index contributed by atoms with van der Waals surface area (Å²) in [6.07, 6.45) is 2.86. The number of allylic oxidation sites excluding steroid dienone is 4. The van der Waals surface area contributed by atoms with Gasteiger partial charge in [0.15, 0.2) is 0 Å².